The molecule has 0 radical (unpaired) electrons. The van der Waals surface area contributed by atoms with Crippen LogP contribution in [0.2, 0.25) is 0 Å². The monoisotopic (exact) mass is 174 g/mol. The van der Waals surface area contributed by atoms with Gasteiger partial charge in [0.25, 0.3) is 0 Å². The van der Waals surface area contributed by atoms with Crippen molar-refractivity contribution in [2.24, 2.45) is 7.05 Å². The molecular formula is C11H14N2. The summed E-state index contributed by atoms with van der Waals surface area (Å²) in [6, 6.07) is 0. The van der Waals surface area contributed by atoms with E-state index in [1.54, 1.807) is 0 Å². The van der Waals surface area contributed by atoms with Crippen molar-refractivity contribution in [3.05, 3.63) is 17.0 Å². The molecule has 1 fully saturated rings. The Kier molecular flexibility index (Phi) is 1.53. The lowest BCUT2D eigenvalue weighted by atomic mass is 9.95. The van der Waals surface area contributed by atoms with Crippen LogP contribution in [0.1, 0.15) is 29.8 Å². The molecule has 0 N–H and O–H groups in total. The van der Waals surface area contributed by atoms with Gasteiger partial charge < -0.3 is 0 Å². The van der Waals surface area contributed by atoms with Gasteiger partial charge in [-0.25, -0.2) is 0 Å². The molecule has 0 spiro atoms. The minimum Gasteiger partial charge on any atom is -0.272 e. The molecule has 1 heterocycles. The highest BCUT2D eigenvalue weighted by atomic mass is 15.3. The molecule has 13 heavy (non-hydrogen) atoms. The summed E-state index contributed by atoms with van der Waals surface area (Å²) in [5.41, 5.74) is 3.63. The van der Waals surface area contributed by atoms with Crippen LogP contribution < -0.4 is 0 Å². The third-order valence-electron chi connectivity index (χ3n) is 3.01. The van der Waals surface area contributed by atoms with E-state index in [1.807, 2.05) is 18.7 Å². The Balaban J connectivity index is 2.59. The lowest BCUT2D eigenvalue weighted by Gasteiger charge is -2.07. The van der Waals surface area contributed by atoms with Crippen molar-refractivity contribution in [1.29, 1.82) is 0 Å². The van der Waals surface area contributed by atoms with Crippen molar-refractivity contribution >= 4 is 0 Å². The van der Waals surface area contributed by atoms with E-state index in [4.69, 9.17) is 6.42 Å². The highest BCUT2D eigenvalue weighted by Crippen LogP contribution is 2.49. The molecule has 2 nitrogen and oxygen atoms in total. The Morgan fingerprint density at radius 3 is 2.38 bits per heavy atom. The standard InChI is InChI=1S/C11H14N2/c1-5-11(6-7-11)10-8(2)12-13(4)9(10)3/h1H,6-7H2,2-4H3. The number of aromatic nitrogens is 2. The average Bonchev–Trinajstić information content (AvgIpc) is 2.81. The molecule has 2 rings (SSSR count). The Morgan fingerprint density at radius 1 is 1.46 bits per heavy atom. The van der Waals surface area contributed by atoms with Gasteiger partial charge in [-0.05, 0) is 26.7 Å². The largest absolute Gasteiger partial charge is 0.272 e. The van der Waals surface area contributed by atoms with Gasteiger partial charge in [0.1, 0.15) is 0 Å². The first-order valence-electron chi connectivity index (χ1n) is 4.59. The van der Waals surface area contributed by atoms with Crippen LogP contribution in [0.25, 0.3) is 0 Å². The van der Waals surface area contributed by atoms with Crippen LogP contribution in [0.5, 0.6) is 0 Å². The Labute approximate surface area is 79.0 Å². The zero-order chi connectivity index (χ0) is 9.64. The van der Waals surface area contributed by atoms with E-state index >= 15 is 0 Å². The van der Waals surface area contributed by atoms with E-state index in [2.05, 4.69) is 17.9 Å². The van der Waals surface area contributed by atoms with Gasteiger partial charge in [-0.1, -0.05) is 5.92 Å². The first kappa shape index (κ1) is 8.37. The third-order valence-corrected chi connectivity index (χ3v) is 3.01. The number of aryl methyl sites for hydroxylation is 2. The van der Waals surface area contributed by atoms with Gasteiger partial charge in [-0.3, -0.25) is 4.68 Å². The maximum atomic E-state index is 5.56. The second-order valence-corrected chi connectivity index (χ2v) is 3.90. The molecule has 1 saturated carbocycles. The molecule has 0 aliphatic heterocycles. The Morgan fingerprint density at radius 2 is 2.08 bits per heavy atom. The molecule has 1 aliphatic rings. The number of hydrogen-bond donors (Lipinski definition) is 0. The lowest BCUT2D eigenvalue weighted by Crippen LogP contribution is -2.06. The zero-order valence-corrected chi connectivity index (χ0v) is 8.39. The van der Waals surface area contributed by atoms with Crippen LogP contribution in [0.4, 0.5) is 0 Å². The summed E-state index contributed by atoms with van der Waals surface area (Å²) >= 11 is 0. The molecule has 0 bridgehead atoms. The topological polar surface area (TPSA) is 17.8 Å². The second kappa shape index (κ2) is 2.38. The summed E-state index contributed by atoms with van der Waals surface area (Å²) in [6.07, 6.45) is 7.80. The van der Waals surface area contributed by atoms with Crippen molar-refractivity contribution in [3.8, 4) is 12.3 Å². The molecule has 1 aliphatic carbocycles. The summed E-state index contributed by atoms with van der Waals surface area (Å²) in [6.45, 7) is 4.13. The minimum absolute atomic E-state index is 0.0302. The maximum absolute atomic E-state index is 5.56. The number of rotatable bonds is 1. The quantitative estimate of drug-likeness (QED) is 0.592. The highest BCUT2D eigenvalue weighted by Gasteiger charge is 2.46. The summed E-state index contributed by atoms with van der Waals surface area (Å²) in [4.78, 5) is 0. The molecular weight excluding hydrogens is 160 g/mol. The van der Waals surface area contributed by atoms with Crippen molar-refractivity contribution in [2.75, 3.05) is 0 Å². The van der Waals surface area contributed by atoms with Gasteiger partial charge >= 0.3 is 0 Å². The van der Waals surface area contributed by atoms with Gasteiger partial charge in [0.05, 0.1) is 11.1 Å². The number of nitrogens with zero attached hydrogens (tertiary/aromatic N) is 2. The second-order valence-electron chi connectivity index (χ2n) is 3.90. The molecule has 68 valence electrons. The van der Waals surface area contributed by atoms with E-state index in [0.29, 0.717) is 0 Å². The van der Waals surface area contributed by atoms with E-state index in [9.17, 15) is 0 Å². The number of terminal acetylenes is 1. The normalized spacial score (nSPS) is 18.3. The fourth-order valence-electron chi connectivity index (χ4n) is 2.06. The summed E-state index contributed by atoms with van der Waals surface area (Å²) in [7, 11) is 1.97. The Hall–Kier alpha value is -1.23. The van der Waals surface area contributed by atoms with Crippen molar-refractivity contribution in [3.63, 3.8) is 0 Å². The van der Waals surface area contributed by atoms with Crippen LogP contribution >= 0.6 is 0 Å². The highest BCUT2D eigenvalue weighted by molar-refractivity contribution is 5.45. The molecule has 1 aromatic heterocycles. The molecule has 0 amide bonds. The summed E-state index contributed by atoms with van der Waals surface area (Å²) in [5, 5.41) is 4.39. The lowest BCUT2D eigenvalue weighted by molar-refractivity contribution is 0.728. The molecule has 1 aromatic rings. The van der Waals surface area contributed by atoms with Gasteiger partial charge in [0.15, 0.2) is 0 Å². The fraction of sp³-hybridized carbons (Fsp3) is 0.545. The summed E-state index contributed by atoms with van der Waals surface area (Å²) < 4.78 is 1.92. The SMILES string of the molecule is C#CC1(c2c(C)nn(C)c2C)CC1. The van der Waals surface area contributed by atoms with Crippen LogP contribution in [0.3, 0.4) is 0 Å². The van der Waals surface area contributed by atoms with Crippen LogP contribution in [-0.4, -0.2) is 9.78 Å². The van der Waals surface area contributed by atoms with Gasteiger partial charge in [0.2, 0.25) is 0 Å². The van der Waals surface area contributed by atoms with Gasteiger partial charge in [-0.2, -0.15) is 5.10 Å². The van der Waals surface area contributed by atoms with Gasteiger partial charge in [-0.15, -0.1) is 6.42 Å². The van der Waals surface area contributed by atoms with E-state index in [0.717, 1.165) is 18.5 Å². The van der Waals surface area contributed by atoms with E-state index in [1.165, 1.54) is 11.3 Å². The minimum atomic E-state index is 0.0302. The molecule has 2 heteroatoms. The molecule has 0 atom stereocenters. The Bertz CT molecular complexity index is 389. The first-order chi connectivity index (χ1) is 6.10. The van der Waals surface area contributed by atoms with Crippen molar-refractivity contribution < 1.29 is 0 Å². The van der Waals surface area contributed by atoms with E-state index < -0.39 is 0 Å². The van der Waals surface area contributed by atoms with Crippen molar-refractivity contribution in [1.82, 2.24) is 9.78 Å². The first-order valence-corrected chi connectivity index (χ1v) is 4.59. The smallest absolute Gasteiger partial charge is 0.0643 e. The van der Waals surface area contributed by atoms with Crippen LogP contribution in [0, 0.1) is 26.2 Å². The molecule has 0 saturated heterocycles. The average molecular weight is 174 g/mol. The van der Waals surface area contributed by atoms with Gasteiger partial charge in [0, 0.05) is 18.3 Å². The molecule has 0 aromatic carbocycles. The van der Waals surface area contributed by atoms with E-state index in [-0.39, 0.29) is 5.41 Å². The fourth-order valence-corrected chi connectivity index (χ4v) is 2.06. The maximum Gasteiger partial charge on any atom is 0.0643 e. The molecule has 0 unspecified atom stereocenters. The summed E-state index contributed by atoms with van der Waals surface area (Å²) in [5.74, 6) is 2.91. The third kappa shape index (κ3) is 1.00. The predicted molar refractivity (Wildman–Crippen MR) is 52.4 cm³/mol. The van der Waals surface area contributed by atoms with Crippen molar-refractivity contribution in [2.45, 2.75) is 32.1 Å². The number of hydrogen-bond acceptors (Lipinski definition) is 1. The zero-order valence-electron chi connectivity index (χ0n) is 8.39. The van der Waals surface area contributed by atoms with Crippen LogP contribution in [-0.2, 0) is 12.5 Å². The van der Waals surface area contributed by atoms with Crippen LogP contribution in [0.15, 0.2) is 0 Å². The predicted octanol–water partition coefficient (Wildman–Crippen LogP) is 1.70.